The second kappa shape index (κ2) is 8.20. The number of imidazole rings is 1. The Bertz CT molecular complexity index is 1440. The first kappa shape index (κ1) is 20.4. The molecule has 0 bridgehead atoms. The lowest BCUT2D eigenvalue weighted by Gasteiger charge is -2.09. The van der Waals surface area contributed by atoms with E-state index in [1.807, 2.05) is 30.3 Å². The lowest BCUT2D eigenvalue weighted by molar-refractivity contribution is 0.624. The molecule has 0 aliphatic rings. The largest absolute Gasteiger partial charge is 0.328 e. The van der Waals surface area contributed by atoms with E-state index in [1.54, 1.807) is 29.1 Å². The summed E-state index contributed by atoms with van der Waals surface area (Å²) in [5, 5.41) is 4.46. The number of rotatable bonds is 5. The van der Waals surface area contributed by atoms with Crippen molar-refractivity contribution in [3.63, 3.8) is 0 Å². The molecule has 3 aromatic carbocycles. The normalized spacial score (nSPS) is 11.4. The van der Waals surface area contributed by atoms with Gasteiger partial charge in [0.05, 0.1) is 27.4 Å². The van der Waals surface area contributed by atoms with Crippen molar-refractivity contribution in [3.8, 4) is 16.8 Å². The molecule has 2 heterocycles. The third-order valence-corrected chi connectivity index (χ3v) is 5.80. The first-order valence-electron chi connectivity index (χ1n) is 10.3. The van der Waals surface area contributed by atoms with E-state index in [0.717, 1.165) is 40.2 Å². The predicted molar refractivity (Wildman–Crippen MR) is 122 cm³/mol. The zero-order valence-corrected chi connectivity index (χ0v) is 18.0. The summed E-state index contributed by atoms with van der Waals surface area (Å²) in [5.74, 6) is 0.136. The minimum absolute atomic E-state index is 0.0907. The summed E-state index contributed by atoms with van der Waals surface area (Å²) in [6.45, 7) is 2.82. The Labute approximate surface area is 188 Å². The number of benzene rings is 3. The van der Waals surface area contributed by atoms with Gasteiger partial charge in [0.25, 0.3) is 0 Å². The van der Waals surface area contributed by atoms with Gasteiger partial charge in [-0.1, -0.05) is 29.8 Å². The molecule has 0 N–H and O–H groups in total. The van der Waals surface area contributed by atoms with E-state index in [4.69, 9.17) is 16.6 Å². The van der Waals surface area contributed by atoms with E-state index >= 15 is 0 Å². The number of aromatic nitrogens is 4. The van der Waals surface area contributed by atoms with Gasteiger partial charge in [0, 0.05) is 19.2 Å². The van der Waals surface area contributed by atoms with Crippen LogP contribution in [-0.2, 0) is 13.0 Å². The molecule has 4 nitrogen and oxygen atoms in total. The SMILES string of the molecule is CCn1c(Cc2ccnn2-c2cccc(F)c2)nc2cc(-c3ccc(F)c(Cl)c3)ccc21. The minimum atomic E-state index is -0.441. The minimum Gasteiger partial charge on any atom is -0.328 e. The Morgan fingerprint density at radius 2 is 1.75 bits per heavy atom. The molecule has 0 unspecified atom stereocenters. The predicted octanol–water partition coefficient (Wildman–Crippen LogP) is 6.43. The maximum Gasteiger partial charge on any atom is 0.141 e. The highest BCUT2D eigenvalue weighted by Gasteiger charge is 2.15. The average molecular weight is 449 g/mol. The van der Waals surface area contributed by atoms with Crippen LogP contribution in [-0.4, -0.2) is 19.3 Å². The highest BCUT2D eigenvalue weighted by Crippen LogP contribution is 2.29. The first-order valence-corrected chi connectivity index (χ1v) is 10.6. The Kier molecular flexibility index (Phi) is 5.23. The van der Waals surface area contributed by atoms with Gasteiger partial charge < -0.3 is 4.57 Å². The van der Waals surface area contributed by atoms with Gasteiger partial charge in [-0.05, 0) is 66.6 Å². The number of aryl methyl sites for hydroxylation is 1. The van der Waals surface area contributed by atoms with Crippen LogP contribution >= 0.6 is 11.6 Å². The van der Waals surface area contributed by atoms with Crippen LogP contribution in [0.4, 0.5) is 8.78 Å². The summed E-state index contributed by atoms with van der Waals surface area (Å²) >= 11 is 5.96. The lowest BCUT2D eigenvalue weighted by atomic mass is 10.1. The Balaban J connectivity index is 1.54. The van der Waals surface area contributed by atoms with Crippen LogP contribution in [0.3, 0.4) is 0 Å². The lowest BCUT2D eigenvalue weighted by Crippen LogP contribution is -2.07. The van der Waals surface area contributed by atoms with Crippen molar-refractivity contribution in [1.29, 1.82) is 0 Å². The average Bonchev–Trinajstić information content (AvgIpc) is 3.39. The molecule has 0 radical (unpaired) electrons. The highest BCUT2D eigenvalue weighted by molar-refractivity contribution is 6.31. The van der Waals surface area contributed by atoms with Gasteiger partial charge in [-0.3, -0.25) is 0 Å². The van der Waals surface area contributed by atoms with Crippen LogP contribution in [0, 0.1) is 11.6 Å². The van der Waals surface area contributed by atoms with Gasteiger partial charge in [0.15, 0.2) is 0 Å². The fourth-order valence-corrected chi connectivity index (χ4v) is 4.17. The van der Waals surface area contributed by atoms with E-state index in [0.29, 0.717) is 12.1 Å². The molecule has 5 rings (SSSR count). The Hall–Kier alpha value is -3.51. The van der Waals surface area contributed by atoms with Crippen LogP contribution in [0.2, 0.25) is 5.02 Å². The molecule has 0 fully saturated rings. The summed E-state index contributed by atoms with van der Waals surface area (Å²) in [7, 11) is 0. The quantitative estimate of drug-likeness (QED) is 0.310. The molecule has 5 aromatic rings. The van der Waals surface area contributed by atoms with Crippen molar-refractivity contribution in [3.05, 3.63) is 101 Å². The fourth-order valence-electron chi connectivity index (χ4n) is 3.99. The third kappa shape index (κ3) is 3.67. The van der Waals surface area contributed by atoms with Crippen LogP contribution < -0.4 is 0 Å². The first-order chi connectivity index (χ1) is 15.5. The van der Waals surface area contributed by atoms with Crippen LogP contribution in [0.15, 0.2) is 72.9 Å². The van der Waals surface area contributed by atoms with Crippen molar-refractivity contribution in [2.24, 2.45) is 0 Å². The molecular weight excluding hydrogens is 430 g/mol. The van der Waals surface area contributed by atoms with Gasteiger partial charge >= 0.3 is 0 Å². The molecule has 0 atom stereocenters. The molecule has 0 spiro atoms. The molecule has 160 valence electrons. The van der Waals surface area contributed by atoms with Gasteiger partial charge in [0.2, 0.25) is 0 Å². The highest BCUT2D eigenvalue weighted by atomic mass is 35.5. The van der Waals surface area contributed by atoms with Crippen LogP contribution in [0.5, 0.6) is 0 Å². The molecule has 0 saturated carbocycles. The Morgan fingerprint density at radius 1 is 0.938 bits per heavy atom. The summed E-state index contributed by atoms with van der Waals surface area (Å²) in [5.41, 5.74) is 5.17. The van der Waals surface area contributed by atoms with Gasteiger partial charge in [-0.25, -0.2) is 18.4 Å². The molecule has 2 aromatic heterocycles. The maximum atomic E-state index is 13.7. The van der Waals surface area contributed by atoms with E-state index in [-0.39, 0.29) is 10.8 Å². The second-order valence-electron chi connectivity index (χ2n) is 7.50. The van der Waals surface area contributed by atoms with E-state index in [9.17, 15) is 8.78 Å². The second-order valence-corrected chi connectivity index (χ2v) is 7.90. The molecule has 32 heavy (non-hydrogen) atoms. The van der Waals surface area contributed by atoms with Crippen LogP contribution in [0.25, 0.3) is 27.8 Å². The number of hydrogen-bond acceptors (Lipinski definition) is 2. The third-order valence-electron chi connectivity index (χ3n) is 5.51. The summed E-state index contributed by atoms with van der Waals surface area (Å²) in [6, 6.07) is 19.0. The number of nitrogens with zero attached hydrogens (tertiary/aromatic N) is 4. The van der Waals surface area contributed by atoms with E-state index in [1.165, 1.54) is 18.2 Å². The molecule has 0 amide bonds. The van der Waals surface area contributed by atoms with Gasteiger partial charge in [0.1, 0.15) is 17.5 Å². The number of fused-ring (bicyclic) bond motifs is 1. The smallest absolute Gasteiger partial charge is 0.141 e. The van der Waals surface area contributed by atoms with Crippen molar-refractivity contribution in [2.75, 3.05) is 0 Å². The molecule has 0 saturated heterocycles. The molecule has 0 aliphatic carbocycles. The van der Waals surface area contributed by atoms with Gasteiger partial charge in [-0.2, -0.15) is 5.10 Å². The topological polar surface area (TPSA) is 35.6 Å². The number of hydrogen-bond donors (Lipinski definition) is 0. The number of halogens is 3. The zero-order chi connectivity index (χ0) is 22.2. The maximum absolute atomic E-state index is 13.7. The molecule has 0 aliphatic heterocycles. The monoisotopic (exact) mass is 448 g/mol. The molecular formula is C25H19ClF2N4. The molecule has 7 heteroatoms. The van der Waals surface area contributed by atoms with Crippen LogP contribution in [0.1, 0.15) is 18.4 Å². The van der Waals surface area contributed by atoms with E-state index in [2.05, 4.69) is 16.6 Å². The van der Waals surface area contributed by atoms with Gasteiger partial charge in [-0.15, -0.1) is 0 Å². The van der Waals surface area contributed by atoms with Crippen molar-refractivity contribution in [1.82, 2.24) is 19.3 Å². The summed E-state index contributed by atoms with van der Waals surface area (Å²) in [6.07, 6.45) is 2.24. The Morgan fingerprint density at radius 3 is 2.53 bits per heavy atom. The van der Waals surface area contributed by atoms with Crippen molar-refractivity contribution in [2.45, 2.75) is 19.9 Å². The van der Waals surface area contributed by atoms with Crippen molar-refractivity contribution < 1.29 is 8.78 Å². The summed E-state index contributed by atoms with van der Waals surface area (Å²) in [4.78, 5) is 4.88. The van der Waals surface area contributed by atoms with Crippen molar-refractivity contribution >= 4 is 22.6 Å². The zero-order valence-electron chi connectivity index (χ0n) is 17.3. The standard InChI is InChI=1S/C25H19ClF2N4/c1-2-31-24-9-7-17(16-6-8-22(28)21(26)12-16)13-23(24)30-25(31)15-20-10-11-29-32(20)19-5-3-4-18(27)14-19/h3-14H,2,15H2,1H3. The summed E-state index contributed by atoms with van der Waals surface area (Å²) < 4.78 is 31.1. The fraction of sp³-hybridized carbons (Fsp3) is 0.120. The van der Waals surface area contributed by atoms with E-state index < -0.39 is 5.82 Å².